The molecule has 2 aromatic rings. The van der Waals surface area contributed by atoms with E-state index in [9.17, 15) is 9.90 Å². The molecule has 1 aromatic heterocycles. The van der Waals surface area contributed by atoms with Crippen LogP contribution in [0.15, 0.2) is 35.3 Å². The topological polar surface area (TPSA) is 57.4 Å². The average Bonchev–Trinajstić information content (AvgIpc) is 2.52. The van der Waals surface area contributed by atoms with Gasteiger partial charge in [-0.2, -0.15) is 0 Å². The number of fused-ring (bicyclic) bond motifs is 3. The third kappa shape index (κ3) is 1.45. The molecule has 1 aliphatic rings. The lowest BCUT2D eigenvalue weighted by atomic mass is 10.1. The summed E-state index contributed by atoms with van der Waals surface area (Å²) in [5.41, 5.74) is 2.06. The summed E-state index contributed by atoms with van der Waals surface area (Å²) in [6.45, 7) is 0.550. The van der Waals surface area contributed by atoms with Crippen LogP contribution >= 0.6 is 0 Å². The highest BCUT2D eigenvalue weighted by Gasteiger charge is 2.10. The zero-order chi connectivity index (χ0) is 11.8. The first kappa shape index (κ1) is 9.84. The Bertz CT molecular complexity index is 665. The number of hydrogen-bond acceptors (Lipinski definition) is 3. The van der Waals surface area contributed by atoms with Gasteiger partial charge in [-0.3, -0.25) is 4.99 Å². The summed E-state index contributed by atoms with van der Waals surface area (Å²) in [5, 5.41) is 11.7. The monoisotopic (exact) mass is 225 g/mol. The molecule has 0 bridgehead atoms. The lowest BCUT2D eigenvalue weighted by molar-refractivity contribution is -0.254. The van der Waals surface area contributed by atoms with Gasteiger partial charge in [-0.05, 0) is 18.2 Å². The van der Waals surface area contributed by atoms with E-state index in [1.54, 1.807) is 18.3 Å². The Morgan fingerprint density at radius 1 is 1.41 bits per heavy atom. The number of carbonyl (C=O) groups excluding carboxylic acids is 1. The van der Waals surface area contributed by atoms with E-state index in [0.717, 1.165) is 11.2 Å². The molecule has 0 saturated heterocycles. The number of carbonyl (C=O) groups is 1. The van der Waals surface area contributed by atoms with Gasteiger partial charge in [0, 0.05) is 29.1 Å². The SMILES string of the molecule is O=C([O-])c1cccc2c1cc1n2C=CC=NC1. The highest BCUT2D eigenvalue weighted by Crippen LogP contribution is 2.25. The van der Waals surface area contributed by atoms with E-state index in [4.69, 9.17) is 0 Å². The van der Waals surface area contributed by atoms with E-state index in [2.05, 4.69) is 4.99 Å². The second-order valence-corrected chi connectivity index (χ2v) is 3.86. The molecule has 1 aliphatic heterocycles. The van der Waals surface area contributed by atoms with E-state index in [0.29, 0.717) is 11.9 Å². The molecule has 4 heteroatoms. The predicted molar refractivity (Wildman–Crippen MR) is 63.8 cm³/mol. The number of aliphatic imine (C=N–C) groups is 1. The van der Waals surface area contributed by atoms with Crippen molar-refractivity contribution >= 4 is 29.3 Å². The molecular weight excluding hydrogens is 216 g/mol. The summed E-state index contributed by atoms with van der Waals surface area (Å²) in [4.78, 5) is 15.2. The minimum Gasteiger partial charge on any atom is -0.545 e. The molecule has 1 aromatic carbocycles. The fourth-order valence-electron chi connectivity index (χ4n) is 2.11. The molecule has 0 atom stereocenters. The van der Waals surface area contributed by atoms with Crippen LogP contribution in [0.5, 0.6) is 0 Å². The molecule has 0 spiro atoms. The Balaban J connectivity index is 2.36. The molecule has 0 radical (unpaired) electrons. The number of hydrogen-bond donors (Lipinski definition) is 0. The summed E-state index contributed by atoms with van der Waals surface area (Å²) < 4.78 is 1.95. The van der Waals surface area contributed by atoms with Crippen molar-refractivity contribution in [3.05, 3.63) is 41.6 Å². The number of aromatic carboxylic acids is 1. The fourth-order valence-corrected chi connectivity index (χ4v) is 2.11. The standard InChI is InChI=1S/C13H10N2O2/c16-13(17)10-3-1-4-12-11(10)7-9-8-14-5-2-6-15(9)12/h1-7H,8H2,(H,16,17)/p-1. The van der Waals surface area contributed by atoms with Crippen LogP contribution in [0.4, 0.5) is 0 Å². The fraction of sp³-hybridized carbons (Fsp3) is 0.0769. The van der Waals surface area contributed by atoms with E-state index >= 15 is 0 Å². The van der Waals surface area contributed by atoms with Gasteiger partial charge in [0.15, 0.2) is 0 Å². The van der Waals surface area contributed by atoms with Crippen LogP contribution in [0.1, 0.15) is 16.1 Å². The van der Waals surface area contributed by atoms with E-state index < -0.39 is 5.97 Å². The summed E-state index contributed by atoms with van der Waals surface area (Å²) in [6.07, 6.45) is 5.45. The quantitative estimate of drug-likeness (QED) is 0.728. The number of carboxylic acid groups (broad SMARTS) is 1. The van der Waals surface area contributed by atoms with Crippen LogP contribution in [0.2, 0.25) is 0 Å². The van der Waals surface area contributed by atoms with Crippen molar-refractivity contribution in [2.24, 2.45) is 4.99 Å². The van der Waals surface area contributed by atoms with E-state index in [-0.39, 0.29) is 5.56 Å². The minimum atomic E-state index is -1.15. The van der Waals surface area contributed by atoms with Gasteiger partial charge in [-0.25, -0.2) is 0 Å². The first-order valence-corrected chi connectivity index (χ1v) is 5.28. The summed E-state index contributed by atoms with van der Waals surface area (Å²) in [6, 6.07) is 7.03. The Labute approximate surface area is 97.5 Å². The first-order valence-electron chi connectivity index (χ1n) is 5.28. The smallest absolute Gasteiger partial charge is 0.0795 e. The molecule has 0 N–H and O–H groups in total. The van der Waals surface area contributed by atoms with Gasteiger partial charge in [-0.15, -0.1) is 0 Å². The van der Waals surface area contributed by atoms with Gasteiger partial charge < -0.3 is 14.5 Å². The van der Waals surface area contributed by atoms with Crippen LogP contribution < -0.4 is 5.11 Å². The largest absolute Gasteiger partial charge is 0.545 e. The maximum Gasteiger partial charge on any atom is 0.0795 e. The number of carboxylic acids is 1. The lowest BCUT2D eigenvalue weighted by Gasteiger charge is -2.04. The number of benzene rings is 1. The van der Waals surface area contributed by atoms with Gasteiger partial charge >= 0.3 is 0 Å². The normalized spacial score (nSPS) is 13.6. The first-order chi connectivity index (χ1) is 8.27. The van der Waals surface area contributed by atoms with Crippen molar-refractivity contribution in [3.63, 3.8) is 0 Å². The summed E-state index contributed by atoms with van der Waals surface area (Å²) >= 11 is 0. The Morgan fingerprint density at radius 2 is 2.29 bits per heavy atom. The van der Waals surface area contributed by atoms with Crippen LogP contribution in [0.25, 0.3) is 17.1 Å². The molecule has 0 aliphatic carbocycles. The lowest BCUT2D eigenvalue weighted by Crippen LogP contribution is -2.22. The number of rotatable bonds is 1. The molecule has 0 saturated carbocycles. The molecule has 3 rings (SSSR count). The van der Waals surface area contributed by atoms with Crippen molar-refractivity contribution in [2.45, 2.75) is 6.54 Å². The Morgan fingerprint density at radius 3 is 3.12 bits per heavy atom. The number of allylic oxidation sites excluding steroid dienone is 1. The second-order valence-electron chi connectivity index (χ2n) is 3.86. The van der Waals surface area contributed by atoms with Crippen molar-refractivity contribution in [1.29, 1.82) is 0 Å². The van der Waals surface area contributed by atoms with E-state index in [1.807, 2.05) is 29.0 Å². The zero-order valence-electron chi connectivity index (χ0n) is 8.96. The van der Waals surface area contributed by atoms with Crippen LogP contribution in [-0.4, -0.2) is 16.8 Å². The van der Waals surface area contributed by atoms with Crippen LogP contribution in [-0.2, 0) is 6.54 Å². The van der Waals surface area contributed by atoms with E-state index in [1.165, 1.54) is 0 Å². The van der Waals surface area contributed by atoms with Gasteiger partial charge in [0.25, 0.3) is 0 Å². The van der Waals surface area contributed by atoms with Crippen LogP contribution in [0.3, 0.4) is 0 Å². The number of aromatic nitrogens is 1. The molecular formula is C13H9N2O2-. The van der Waals surface area contributed by atoms with Crippen LogP contribution in [0, 0.1) is 0 Å². The van der Waals surface area contributed by atoms with Crippen molar-refractivity contribution in [1.82, 2.24) is 4.57 Å². The minimum absolute atomic E-state index is 0.223. The molecule has 0 amide bonds. The molecule has 4 nitrogen and oxygen atoms in total. The summed E-state index contributed by atoms with van der Waals surface area (Å²) in [7, 11) is 0. The van der Waals surface area contributed by atoms with Gasteiger partial charge in [0.1, 0.15) is 0 Å². The van der Waals surface area contributed by atoms with Gasteiger partial charge in [-0.1, -0.05) is 12.1 Å². The maximum absolute atomic E-state index is 11.0. The molecule has 2 heterocycles. The van der Waals surface area contributed by atoms with Crippen molar-refractivity contribution < 1.29 is 9.90 Å². The van der Waals surface area contributed by atoms with Gasteiger partial charge in [0.05, 0.1) is 18.0 Å². The Kier molecular flexibility index (Phi) is 2.08. The highest BCUT2D eigenvalue weighted by atomic mass is 16.4. The average molecular weight is 225 g/mol. The molecule has 84 valence electrons. The second kappa shape index (κ2) is 3.59. The van der Waals surface area contributed by atoms with Gasteiger partial charge in [0.2, 0.25) is 0 Å². The van der Waals surface area contributed by atoms with Crippen molar-refractivity contribution in [2.75, 3.05) is 0 Å². The molecule has 0 fully saturated rings. The maximum atomic E-state index is 11.0. The third-order valence-electron chi connectivity index (χ3n) is 2.86. The summed E-state index contributed by atoms with van der Waals surface area (Å²) in [5.74, 6) is -1.15. The number of nitrogens with zero attached hydrogens (tertiary/aromatic N) is 2. The predicted octanol–water partition coefficient (Wildman–Crippen LogP) is 1.06. The molecule has 0 unspecified atom stereocenters. The zero-order valence-corrected chi connectivity index (χ0v) is 8.96. The third-order valence-corrected chi connectivity index (χ3v) is 2.86. The van der Waals surface area contributed by atoms with Crippen molar-refractivity contribution in [3.8, 4) is 0 Å². The highest BCUT2D eigenvalue weighted by molar-refractivity contribution is 6.03. The Hall–Kier alpha value is -2.36. The molecule has 17 heavy (non-hydrogen) atoms.